The molecule has 4 nitrogen and oxygen atoms in total. The molecule has 1 amide bonds. The molecule has 0 spiro atoms. The number of halogens is 1. The van der Waals surface area contributed by atoms with Crippen LogP contribution in [-0.4, -0.2) is 15.5 Å². The molecule has 0 fully saturated rings. The number of carbonyl (C=O) groups excluding carboxylic acids is 1. The van der Waals surface area contributed by atoms with Crippen LogP contribution in [0.4, 0.5) is 4.39 Å². The smallest absolute Gasteiger partial charge is 0.240 e. The van der Waals surface area contributed by atoms with Gasteiger partial charge < -0.3 is 9.88 Å². The summed E-state index contributed by atoms with van der Waals surface area (Å²) in [4.78, 5) is 15.6. The molecular formula is C13H14FN3O. The highest BCUT2D eigenvalue weighted by Gasteiger charge is 2.09. The van der Waals surface area contributed by atoms with Crippen molar-refractivity contribution in [2.24, 2.45) is 0 Å². The molecule has 5 heteroatoms. The van der Waals surface area contributed by atoms with E-state index in [-0.39, 0.29) is 24.3 Å². The van der Waals surface area contributed by atoms with Gasteiger partial charge in [-0.2, -0.15) is 0 Å². The van der Waals surface area contributed by atoms with E-state index in [9.17, 15) is 9.18 Å². The van der Waals surface area contributed by atoms with Gasteiger partial charge in [0.2, 0.25) is 5.91 Å². The van der Waals surface area contributed by atoms with Crippen LogP contribution in [0.1, 0.15) is 18.5 Å². The van der Waals surface area contributed by atoms with E-state index in [0.29, 0.717) is 0 Å². The Morgan fingerprint density at radius 3 is 2.78 bits per heavy atom. The molecule has 0 radical (unpaired) electrons. The number of hydrogen-bond acceptors (Lipinski definition) is 2. The number of amides is 1. The zero-order valence-electron chi connectivity index (χ0n) is 10.0. The Kier molecular flexibility index (Phi) is 3.72. The summed E-state index contributed by atoms with van der Waals surface area (Å²) in [6, 6.07) is 5.94. The van der Waals surface area contributed by atoms with E-state index in [1.165, 1.54) is 12.1 Å². The fourth-order valence-electron chi connectivity index (χ4n) is 1.67. The van der Waals surface area contributed by atoms with Gasteiger partial charge in [0.1, 0.15) is 12.4 Å². The van der Waals surface area contributed by atoms with Crippen molar-refractivity contribution in [3.63, 3.8) is 0 Å². The topological polar surface area (TPSA) is 46.9 Å². The molecule has 18 heavy (non-hydrogen) atoms. The van der Waals surface area contributed by atoms with Crippen LogP contribution >= 0.6 is 0 Å². The molecule has 0 saturated heterocycles. The van der Waals surface area contributed by atoms with Crippen molar-refractivity contribution >= 4 is 5.91 Å². The molecule has 1 aromatic carbocycles. The van der Waals surface area contributed by atoms with Crippen molar-refractivity contribution in [3.8, 4) is 0 Å². The molecule has 0 unspecified atom stereocenters. The predicted molar refractivity (Wildman–Crippen MR) is 65.2 cm³/mol. The maximum atomic E-state index is 12.8. The first kappa shape index (κ1) is 12.3. The number of nitrogens with zero attached hydrogens (tertiary/aromatic N) is 2. The van der Waals surface area contributed by atoms with Gasteiger partial charge in [-0.1, -0.05) is 12.1 Å². The number of benzene rings is 1. The highest BCUT2D eigenvalue weighted by molar-refractivity contribution is 5.76. The normalized spacial score (nSPS) is 12.1. The lowest BCUT2D eigenvalue weighted by Gasteiger charge is -2.14. The molecule has 1 N–H and O–H groups in total. The maximum Gasteiger partial charge on any atom is 0.240 e. The van der Waals surface area contributed by atoms with Gasteiger partial charge >= 0.3 is 0 Å². The zero-order chi connectivity index (χ0) is 13.0. The number of nitrogens with one attached hydrogen (secondary N) is 1. The Hall–Kier alpha value is -2.17. The first-order valence-electron chi connectivity index (χ1n) is 5.66. The maximum absolute atomic E-state index is 12.8. The summed E-state index contributed by atoms with van der Waals surface area (Å²) in [5.74, 6) is -0.388. The zero-order valence-corrected chi connectivity index (χ0v) is 10.0. The summed E-state index contributed by atoms with van der Waals surface area (Å²) in [6.45, 7) is 2.09. The van der Waals surface area contributed by atoms with Crippen LogP contribution in [-0.2, 0) is 11.3 Å². The van der Waals surface area contributed by atoms with E-state index in [1.807, 2.05) is 6.92 Å². The van der Waals surface area contributed by atoms with Gasteiger partial charge in [0.15, 0.2) is 0 Å². The molecule has 2 aromatic rings. The molecule has 0 aliphatic carbocycles. The Balaban J connectivity index is 1.92. The first-order valence-corrected chi connectivity index (χ1v) is 5.66. The Morgan fingerprint density at radius 2 is 2.17 bits per heavy atom. The molecule has 0 aliphatic heterocycles. The van der Waals surface area contributed by atoms with Crippen molar-refractivity contribution in [3.05, 3.63) is 54.4 Å². The summed E-state index contributed by atoms with van der Waals surface area (Å²) in [5.41, 5.74) is 0.871. The van der Waals surface area contributed by atoms with Crippen LogP contribution < -0.4 is 5.32 Å². The molecule has 0 saturated carbocycles. The third-order valence-electron chi connectivity index (χ3n) is 2.63. The van der Waals surface area contributed by atoms with E-state index in [0.717, 1.165) is 5.56 Å². The summed E-state index contributed by atoms with van der Waals surface area (Å²) < 4.78 is 14.5. The van der Waals surface area contributed by atoms with Gasteiger partial charge in [-0.05, 0) is 24.6 Å². The van der Waals surface area contributed by atoms with Crippen molar-refractivity contribution in [2.75, 3.05) is 0 Å². The molecule has 1 aromatic heterocycles. The molecule has 0 aliphatic rings. The lowest BCUT2D eigenvalue weighted by atomic mass is 10.1. The molecule has 1 heterocycles. The van der Waals surface area contributed by atoms with Crippen molar-refractivity contribution < 1.29 is 9.18 Å². The van der Waals surface area contributed by atoms with Crippen molar-refractivity contribution in [1.29, 1.82) is 0 Å². The number of carbonyl (C=O) groups is 1. The monoisotopic (exact) mass is 247 g/mol. The number of hydrogen-bond donors (Lipinski definition) is 1. The quantitative estimate of drug-likeness (QED) is 0.897. The van der Waals surface area contributed by atoms with Gasteiger partial charge in [-0.15, -0.1) is 0 Å². The minimum absolute atomic E-state index is 0.107. The van der Waals surface area contributed by atoms with Crippen LogP contribution in [0.5, 0.6) is 0 Å². The van der Waals surface area contributed by atoms with E-state index < -0.39 is 0 Å². The van der Waals surface area contributed by atoms with E-state index in [2.05, 4.69) is 10.3 Å². The minimum atomic E-state index is -0.282. The second kappa shape index (κ2) is 5.44. The van der Waals surface area contributed by atoms with Crippen molar-refractivity contribution in [1.82, 2.24) is 14.9 Å². The Labute approximate surface area is 104 Å². The second-order valence-electron chi connectivity index (χ2n) is 4.08. The van der Waals surface area contributed by atoms with Gasteiger partial charge in [-0.3, -0.25) is 4.79 Å². The van der Waals surface area contributed by atoms with E-state index in [4.69, 9.17) is 0 Å². The predicted octanol–water partition coefficient (Wildman–Crippen LogP) is 1.90. The number of aromatic nitrogens is 2. The third kappa shape index (κ3) is 3.16. The average molecular weight is 247 g/mol. The molecule has 2 rings (SSSR count). The van der Waals surface area contributed by atoms with Crippen LogP contribution in [0.3, 0.4) is 0 Å². The Bertz CT molecular complexity index is 508. The number of rotatable bonds is 4. The summed E-state index contributed by atoms with van der Waals surface area (Å²) in [6.07, 6.45) is 4.93. The lowest BCUT2D eigenvalue weighted by molar-refractivity contribution is -0.122. The van der Waals surface area contributed by atoms with Gasteiger partial charge in [0, 0.05) is 12.4 Å². The molecule has 0 bridgehead atoms. The standard InChI is InChI=1S/C13H14FN3O/c1-10(11-2-4-12(14)5-3-11)16-13(18)8-17-7-6-15-9-17/h2-7,9-10H,8H2,1H3,(H,16,18)/t10-/m1/s1. The summed E-state index contributed by atoms with van der Waals surface area (Å²) >= 11 is 0. The van der Waals surface area contributed by atoms with Crippen LogP contribution in [0.15, 0.2) is 43.0 Å². The Morgan fingerprint density at radius 1 is 1.44 bits per heavy atom. The average Bonchev–Trinajstić information content (AvgIpc) is 2.82. The van der Waals surface area contributed by atoms with Gasteiger partial charge in [0.25, 0.3) is 0 Å². The summed E-state index contributed by atoms with van der Waals surface area (Å²) in [7, 11) is 0. The summed E-state index contributed by atoms with van der Waals surface area (Å²) in [5, 5.41) is 2.84. The lowest BCUT2D eigenvalue weighted by Crippen LogP contribution is -2.29. The van der Waals surface area contributed by atoms with Gasteiger partial charge in [-0.25, -0.2) is 9.37 Å². The highest BCUT2D eigenvalue weighted by Crippen LogP contribution is 2.12. The van der Waals surface area contributed by atoms with Gasteiger partial charge in [0.05, 0.1) is 12.4 Å². The molecule has 94 valence electrons. The number of imidazole rings is 1. The first-order chi connectivity index (χ1) is 8.65. The van der Waals surface area contributed by atoms with E-state index in [1.54, 1.807) is 35.4 Å². The highest BCUT2D eigenvalue weighted by atomic mass is 19.1. The fourth-order valence-corrected chi connectivity index (χ4v) is 1.67. The van der Waals surface area contributed by atoms with Crippen LogP contribution in [0.25, 0.3) is 0 Å². The molecule has 1 atom stereocenters. The van der Waals surface area contributed by atoms with Crippen molar-refractivity contribution in [2.45, 2.75) is 19.5 Å². The van der Waals surface area contributed by atoms with Crippen LogP contribution in [0, 0.1) is 5.82 Å². The third-order valence-corrected chi connectivity index (χ3v) is 2.63. The van der Waals surface area contributed by atoms with E-state index >= 15 is 0 Å². The SMILES string of the molecule is C[C@@H](NC(=O)Cn1ccnc1)c1ccc(F)cc1. The minimum Gasteiger partial charge on any atom is -0.348 e. The largest absolute Gasteiger partial charge is 0.348 e. The fraction of sp³-hybridized carbons (Fsp3) is 0.231. The molecular weight excluding hydrogens is 233 g/mol. The van der Waals surface area contributed by atoms with Crippen LogP contribution in [0.2, 0.25) is 0 Å². The second-order valence-corrected chi connectivity index (χ2v) is 4.08.